The predicted octanol–water partition coefficient (Wildman–Crippen LogP) is 4.13. The van der Waals surface area contributed by atoms with Crippen LogP contribution in [0.25, 0.3) is 0 Å². The van der Waals surface area contributed by atoms with Gasteiger partial charge in [-0.2, -0.15) is 0 Å². The summed E-state index contributed by atoms with van der Waals surface area (Å²) in [6.45, 7) is 1.90. The maximum Gasteiger partial charge on any atom is 0.199 e. The second-order valence-corrected chi connectivity index (χ2v) is 8.64. The summed E-state index contributed by atoms with van der Waals surface area (Å²) in [6.07, 6.45) is -2.18. The topological polar surface area (TPSA) is 39.7 Å². The van der Waals surface area contributed by atoms with Crippen LogP contribution in [0.15, 0.2) is 48.5 Å². The minimum absolute atomic E-state index is 0.725. The molecule has 0 radical (unpaired) electrons. The molecule has 2 aromatic carbocycles. The third-order valence-corrected chi connectivity index (χ3v) is 4.48. The second kappa shape index (κ2) is 6.83. The fourth-order valence-corrected chi connectivity index (χ4v) is 3.52. The van der Waals surface area contributed by atoms with Crippen molar-refractivity contribution in [1.82, 2.24) is 0 Å². The first-order valence-corrected chi connectivity index (χ1v) is 9.52. The number of nitrogens with one attached hydrogen (secondary N) is 1. The Morgan fingerprint density at radius 3 is 1.71 bits per heavy atom. The highest BCUT2D eigenvalue weighted by Crippen LogP contribution is 2.44. The van der Waals surface area contributed by atoms with Crippen molar-refractivity contribution in [2.75, 3.05) is 26.0 Å². The lowest BCUT2D eigenvalue weighted by Gasteiger charge is -2.21. The van der Waals surface area contributed by atoms with Gasteiger partial charge in [0.1, 0.15) is 17.2 Å². The first-order chi connectivity index (χ1) is 10.0. The monoisotopic (exact) mass is 323 g/mol. The van der Waals surface area contributed by atoms with Crippen LogP contribution in [-0.4, -0.2) is 20.9 Å². The molecule has 6 heteroatoms. The van der Waals surface area contributed by atoms with Gasteiger partial charge < -0.3 is 19.1 Å². The van der Waals surface area contributed by atoms with Gasteiger partial charge in [-0.25, -0.2) is 0 Å². The molecule has 1 N–H and O–H groups in total. The van der Waals surface area contributed by atoms with Gasteiger partial charge in [0.2, 0.25) is 0 Å². The van der Waals surface area contributed by atoms with Crippen LogP contribution in [-0.2, 0) is 11.8 Å². The Balaban J connectivity index is 2.04. The number of benzene rings is 2. The fourth-order valence-electron chi connectivity index (χ4n) is 1.76. The third kappa shape index (κ3) is 4.66. The minimum atomic E-state index is -2.18. The maximum atomic E-state index is 5.89. The average Bonchev–Trinajstić information content (AvgIpc) is 2.48. The van der Waals surface area contributed by atoms with Gasteiger partial charge in [-0.15, -0.1) is 0 Å². The molecule has 2 aromatic rings. The standard InChI is InChI=1S/C15H18NO3PS/c1-17-13-6-4-12(5-7-13)16-20(3,21)19-15-10-8-14(18-2)9-11-15/h4-11H,1-3H3,(H,16,21). The van der Waals surface area contributed by atoms with Gasteiger partial charge in [0, 0.05) is 12.4 Å². The van der Waals surface area contributed by atoms with Crippen LogP contribution < -0.4 is 19.1 Å². The molecule has 1 atom stereocenters. The molecule has 0 aliphatic heterocycles. The molecule has 112 valence electrons. The molecule has 0 saturated heterocycles. The van der Waals surface area contributed by atoms with Crippen molar-refractivity contribution in [3.63, 3.8) is 0 Å². The molecule has 0 aliphatic carbocycles. The van der Waals surface area contributed by atoms with Gasteiger partial charge in [0.05, 0.1) is 14.2 Å². The van der Waals surface area contributed by atoms with Crippen LogP contribution in [0.5, 0.6) is 17.2 Å². The van der Waals surface area contributed by atoms with Crippen molar-refractivity contribution < 1.29 is 14.0 Å². The molecule has 0 spiro atoms. The van der Waals surface area contributed by atoms with E-state index >= 15 is 0 Å². The lowest BCUT2D eigenvalue weighted by molar-refractivity contribution is 0.414. The molecule has 2 rings (SSSR count). The summed E-state index contributed by atoms with van der Waals surface area (Å²) in [5.41, 5.74) is 0.912. The molecule has 21 heavy (non-hydrogen) atoms. The molecule has 0 aliphatic rings. The highest BCUT2D eigenvalue weighted by Gasteiger charge is 2.12. The number of hydrogen-bond donors (Lipinski definition) is 1. The number of methoxy groups -OCH3 is 2. The van der Waals surface area contributed by atoms with E-state index in [1.54, 1.807) is 14.2 Å². The summed E-state index contributed by atoms with van der Waals surface area (Å²) in [7, 11) is 3.27. The summed E-state index contributed by atoms with van der Waals surface area (Å²) < 4.78 is 16.1. The molecular weight excluding hydrogens is 305 g/mol. The molecular formula is C15H18NO3PS. The Labute approximate surface area is 130 Å². The molecule has 0 heterocycles. The van der Waals surface area contributed by atoms with Crippen LogP contribution in [0.4, 0.5) is 5.69 Å². The van der Waals surface area contributed by atoms with Gasteiger partial charge in [0.15, 0.2) is 6.42 Å². The summed E-state index contributed by atoms with van der Waals surface area (Å²) in [4.78, 5) is 0. The second-order valence-electron chi connectivity index (χ2n) is 4.45. The Morgan fingerprint density at radius 1 is 0.810 bits per heavy atom. The van der Waals surface area contributed by atoms with E-state index in [9.17, 15) is 0 Å². The Kier molecular flexibility index (Phi) is 5.10. The number of ether oxygens (including phenoxy) is 2. The van der Waals surface area contributed by atoms with E-state index in [1.165, 1.54) is 0 Å². The van der Waals surface area contributed by atoms with E-state index in [1.807, 2.05) is 55.2 Å². The zero-order valence-corrected chi connectivity index (χ0v) is 13.9. The summed E-state index contributed by atoms with van der Waals surface area (Å²) >= 11 is 5.55. The highest BCUT2D eigenvalue weighted by molar-refractivity contribution is 8.12. The zero-order valence-electron chi connectivity index (χ0n) is 12.2. The SMILES string of the molecule is COc1ccc(NP(C)(=S)Oc2ccc(OC)cc2)cc1. The van der Waals surface area contributed by atoms with Gasteiger partial charge in [0.25, 0.3) is 0 Å². The molecule has 0 saturated carbocycles. The van der Waals surface area contributed by atoms with Crippen molar-refractivity contribution in [2.45, 2.75) is 0 Å². The van der Waals surface area contributed by atoms with Gasteiger partial charge in [-0.1, -0.05) is 0 Å². The molecule has 4 nitrogen and oxygen atoms in total. The first kappa shape index (κ1) is 15.7. The fraction of sp³-hybridized carbons (Fsp3) is 0.200. The van der Waals surface area contributed by atoms with Crippen molar-refractivity contribution in [2.24, 2.45) is 0 Å². The minimum Gasteiger partial charge on any atom is -0.497 e. The molecule has 1 unspecified atom stereocenters. The van der Waals surface area contributed by atoms with E-state index < -0.39 is 6.42 Å². The summed E-state index contributed by atoms with van der Waals surface area (Å²) in [5, 5.41) is 3.26. The highest BCUT2D eigenvalue weighted by atomic mass is 32.4. The van der Waals surface area contributed by atoms with E-state index in [-0.39, 0.29) is 0 Å². The molecule has 0 bridgehead atoms. The Hall–Kier alpha value is -1.71. The first-order valence-electron chi connectivity index (χ1n) is 6.36. The average molecular weight is 323 g/mol. The van der Waals surface area contributed by atoms with E-state index in [0.717, 1.165) is 22.9 Å². The van der Waals surface area contributed by atoms with Gasteiger partial charge in [-0.3, -0.25) is 0 Å². The van der Waals surface area contributed by atoms with Gasteiger partial charge >= 0.3 is 0 Å². The van der Waals surface area contributed by atoms with Crippen LogP contribution in [0.2, 0.25) is 0 Å². The molecule has 0 aromatic heterocycles. The van der Waals surface area contributed by atoms with E-state index in [2.05, 4.69) is 5.09 Å². The molecule has 0 fully saturated rings. The lowest BCUT2D eigenvalue weighted by Crippen LogP contribution is -2.01. The molecule has 0 amide bonds. The smallest absolute Gasteiger partial charge is 0.199 e. The van der Waals surface area contributed by atoms with Crippen molar-refractivity contribution in [3.05, 3.63) is 48.5 Å². The van der Waals surface area contributed by atoms with Crippen molar-refractivity contribution >= 4 is 23.9 Å². The number of anilines is 1. The maximum absolute atomic E-state index is 5.89. The number of rotatable bonds is 6. The predicted molar refractivity (Wildman–Crippen MR) is 90.4 cm³/mol. The van der Waals surface area contributed by atoms with Crippen molar-refractivity contribution in [3.8, 4) is 17.2 Å². The summed E-state index contributed by atoms with van der Waals surface area (Å²) in [5.74, 6) is 2.32. The van der Waals surface area contributed by atoms with Gasteiger partial charge in [-0.05, 0) is 60.3 Å². The third-order valence-electron chi connectivity index (χ3n) is 2.76. The van der Waals surface area contributed by atoms with Crippen LogP contribution >= 0.6 is 6.42 Å². The van der Waals surface area contributed by atoms with Crippen molar-refractivity contribution in [1.29, 1.82) is 0 Å². The largest absolute Gasteiger partial charge is 0.497 e. The van der Waals surface area contributed by atoms with Crippen LogP contribution in [0.1, 0.15) is 0 Å². The van der Waals surface area contributed by atoms with E-state index in [0.29, 0.717) is 0 Å². The lowest BCUT2D eigenvalue weighted by atomic mass is 10.3. The zero-order chi connectivity index (χ0) is 15.3. The Bertz CT molecular complexity index is 575. The quantitative estimate of drug-likeness (QED) is 0.809. The van der Waals surface area contributed by atoms with Crippen LogP contribution in [0.3, 0.4) is 0 Å². The Morgan fingerprint density at radius 2 is 1.24 bits per heavy atom. The number of hydrogen-bond acceptors (Lipinski definition) is 4. The van der Waals surface area contributed by atoms with E-state index in [4.69, 9.17) is 25.8 Å². The van der Waals surface area contributed by atoms with Crippen LogP contribution in [0, 0.1) is 0 Å². The summed E-state index contributed by atoms with van der Waals surface area (Å²) in [6, 6.07) is 15.0. The normalized spacial score (nSPS) is 13.1.